The molecule has 0 bridgehead atoms. The summed E-state index contributed by atoms with van der Waals surface area (Å²) in [6.45, 7) is 4.70. The zero-order chi connectivity index (χ0) is 13.2. The van der Waals surface area contributed by atoms with Crippen molar-refractivity contribution >= 4 is 23.4 Å². The Bertz CT molecular complexity index is 409. The van der Waals surface area contributed by atoms with E-state index < -0.39 is 0 Å². The molecule has 100 valence electrons. The lowest BCUT2D eigenvalue weighted by atomic mass is 9.73. The van der Waals surface area contributed by atoms with Gasteiger partial charge in [-0.3, -0.25) is 0 Å². The van der Waals surface area contributed by atoms with Crippen LogP contribution in [0.25, 0.3) is 0 Å². The molecule has 1 fully saturated rings. The molecule has 2 rings (SSSR count). The largest absolute Gasteiger partial charge is 0.315 e. The summed E-state index contributed by atoms with van der Waals surface area (Å²) in [6, 6.07) is 4.31. The van der Waals surface area contributed by atoms with Gasteiger partial charge in [0, 0.05) is 17.5 Å². The van der Waals surface area contributed by atoms with E-state index >= 15 is 0 Å². The van der Waals surface area contributed by atoms with Gasteiger partial charge in [-0.25, -0.2) is 4.98 Å². The molecule has 1 heterocycles. The van der Waals surface area contributed by atoms with E-state index in [1.807, 2.05) is 30.1 Å². The van der Waals surface area contributed by atoms with Crippen LogP contribution in [0.5, 0.6) is 0 Å². The van der Waals surface area contributed by atoms with Gasteiger partial charge in [0.15, 0.2) is 0 Å². The van der Waals surface area contributed by atoms with Crippen molar-refractivity contribution in [3.8, 4) is 0 Å². The lowest BCUT2D eigenvalue weighted by Gasteiger charge is -2.43. The Morgan fingerprint density at radius 2 is 2.28 bits per heavy atom. The number of rotatable bonds is 3. The number of halogens is 1. The quantitative estimate of drug-likeness (QED) is 0.908. The highest BCUT2D eigenvalue weighted by Crippen LogP contribution is 2.43. The molecular weight excluding hydrogens is 264 g/mol. The molecule has 0 aliphatic heterocycles. The van der Waals surface area contributed by atoms with Crippen molar-refractivity contribution in [3.05, 3.63) is 23.4 Å². The Hall–Kier alpha value is -0.250. The first-order valence-corrected chi connectivity index (χ1v) is 7.75. The third-order valence-electron chi connectivity index (χ3n) is 3.82. The highest BCUT2D eigenvalue weighted by molar-refractivity contribution is 8.00. The van der Waals surface area contributed by atoms with Crippen molar-refractivity contribution < 1.29 is 0 Å². The average Bonchev–Trinajstić information content (AvgIpc) is 2.31. The van der Waals surface area contributed by atoms with Gasteiger partial charge in [0.25, 0.3) is 0 Å². The van der Waals surface area contributed by atoms with E-state index in [0.29, 0.717) is 16.7 Å². The first kappa shape index (κ1) is 14.2. The van der Waals surface area contributed by atoms with E-state index in [1.54, 1.807) is 0 Å². The van der Waals surface area contributed by atoms with Gasteiger partial charge in [-0.05, 0) is 37.4 Å². The van der Waals surface area contributed by atoms with Crippen LogP contribution in [-0.2, 0) is 0 Å². The lowest BCUT2D eigenvalue weighted by molar-refractivity contribution is 0.182. The first-order valence-electron chi connectivity index (χ1n) is 6.49. The standard InChI is InChI=1S/C14H21ClN2S/c1-14(2)8-4-7-11(12(14)16-3)18-13-10(15)6-5-9-17-13/h5-6,9,11-12,16H,4,7-8H2,1-3H3. The van der Waals surface area contributed by atoms with Crippen LogP contribution in [0.1, 0.15) is 33.1 Å². The molecule has 0 aromatic carbocycles. The molecule has 4 heteroatoms. The molecular formula is C14H21ClN2S. The Morgan fingerprint density at radius 1 is 1.50 bits per heavy atom. The molecule has 2 nitrogen and oxygen atoms in total. The molecule has 0 radical (unpaired) electrons. The average molecular weight is 285 g/mol. The summed E-state index contributed by atoms with van der Waals surface area (Å²) in [4.78, 5) is 4.39. The maximum atomic E-state index is 6.20. The molecule has 1 saturated carbocycles. The van der Waals surface area contributed by atoms with Gasteiger partial charge in [0.2, 0.25) is 0 Å². The molecule has 0 saturated heterocycles. The molecule has 2 unspecified atom stereocenters. The number of thioether (sulfide) groups is 1. The lowest BCUT2D eigenvalue weighted by Crippen LogP contribution is -2.49. The Kier molecular flexibility index (Phi) is 4.57. The van der Waals surface area contributed by atoms with Gasteiger partial charge in [-0.1, -0.05) is 43.6 Å². The molecule has 0 amide bonds. The summed E-state index contributed by atoms with van der Waals surface area (Å²) in [7, 11) is 2.06. The van der Waals surface area contributed by atoms with Crippen LogP contribution >= 0.6 is 23.4 Å². The molecule has 1 N–H and O–H groups in total. The summed E-state index contributed by atoms with van der Waals surface area (Å²) in [6.07, 6.45) is 5.61. The predicted molar refractivity (Wildman–Crippen MR) is 79.4 cm³/mol. The zero-order valence-corrected chi connectivity index (χ0v) is 12.8. The second kappa shape index (κ2) is 5.81. The summed E-state index contributed by atoms with van der Waals surface area (Å²) < 4.78 is 0. The normalized spacial score (nSPS) is 27.1. The van der Waals surface area contributed by atoms with Crippen molar-refractivity contribution in [2.45, 2.75) is 49.4 Å². The smallest absolute Gasteiger partial charge is 0.115 e. The van der Waals surface area contributed by atoms with Crippen LogP contribution in [0.2, 0.25) is 5.02 Å². The van der Waals surface area contributed by atoms with Crippen LogP contribution < -0.4 is 5.32 Å². The van der Waals surface area contributed by atoms with E-state index in [1.165, 1.54) is 19.3 Å². The van der Waals surface area contributed by atoms with E-state index in [9.17, 15) is 0 Å². The van der Waals surface area contributed by atoms with Gasteiger partial charge < -0.3 is 5.32 Å². The van der Waals surface area contributed by atoms with Crippen molar-refractivity contribution in [2.24, 2.45) is 5.41 Å². The topological polar surface area (TPSA) is 24.9 Å². The van der Waals surface area contributed by atoms with Crippen LogP contribution in [0.15, 0.2) is 23.4 Å². The monoisotopic (exact) mass is 284 g/mol. The van der Waals surface area contributed by atoms with Gasteiger partial charge in [-0.15, -0.1) is 0 Å². The van der Waals surface area contributed by atoms with E-state index in [2.05, 4.69) is 31.2 Å². The fraction of sp³-hybridized carbons (Fsp3) is 0.643. The van der Waals surface area contributed by atoms with Crippen LogP contribution in [-0.4, -0.2) is 23.3 Å². The van der Waals surface area contributed by atoms with Crippen molar-refractivity contribution in [1.29, 1.82) is 0 Å². The molecule has 1 aromatic heterocycles. The summed E-state index contributed by atoms with van der Waals surface area (Å²) in [5.41, 5.74) is 0.339. The summed E-state index contributed by atoms with van der Waals surface area (Å²) in [5, 5.41) is 5.76. The van der Waals surface area contributed by atoms with Crippen LogP contribution in [0.3, 0.4) is 0 Å². The maximum Gasteiger partial charge on any atom is 0.115 e. The van der Waals surface area contributed by atoms with E-state index in [-0.39, 0.29) is 0 Å². The minimum absolute atomic E-state index is 0.339. The number of aromatic nitrogens is 1. The van der Waals surface area contributed by atoms with Gasteiger partial charge >= 0.3 is 0 Å². The fourth-order valence-electron chi connectivity index (χ4n) is 2.89. The molecule has 1 aliphatic carbocycles. The van der Waals surface area contributed by atoms with E-state index in [4.69, 9.17) is 11.6 Å². The van der Waals surface area contributed by atoms with Crippen molar-refractivity contribution in [2.75, 3.05) is 7.05 Å². The van der Waals surface area contributed by atoms with E-state index in [0.717, 1.165) is 10.0 Å². The number of nitrogens with one attached hydrogen (secondary N) is 1. The third kappa shape index (κ3) is 3.01. The van der Waals surface area contributed by atoms with Crippen LogP contribution in [0.4, 0.5) is 0 Å². The Morgan fingerprint density at radius 3 is 2.94 bits per heavy atom. The minimum atomic E-state index is 0.339. The number of hydrogen-bond donors (Lipinski definition) is 1. The fourth-order valence-corrected chi connectivity index (χ4v) is 4.66. The highest BCUT2D eigenvalue weighted by atomic mass is 35.5. The molecule has 1 aromatic rings. The SMILES string of the molecule is CNC1C(Sc2ncccc2Cl)CCCC1(C)C. The van der Waals surface area contributed by atoms with Crippen LogP contribution in [0, 0.1) is 5.41 Å². The number of nitrogens with zero attached hydrogens (tertiary/aromatic N) is 1. The molecule has 2 atom stereocenters. The molecule has 18 heavy (non-hydrogen) atoms. The molecule has 1 aliphatic rings. The minimum Gasteiger partial charge on any atom is -0.315 e. The number of hydrogen-bond acceptors (Lipinski definition) is 3. The summed E-state index contributed by atoms with van der Waals surface area (Å²) >= 11 is 8.02. The maximum absolute atomic E-state index is 6.20. The highest BCUT2D eigenvalue weighted by Gasteiger charge is 2.38. The molecule has 0 spiro atoms. The van der Waals surface area contributed by atoms with Crippen molar-refractivity contribution in [1.82, 2.24) is 10.3 Å². The third-order valence-corrected chi connectivity index (χ3v) is 5.60. The second-order valence-corrected chi connectivity index (χ2v) is 7.23. The Balaban J connectivity index is 2.15. The Labute approximate surface area is 119 Å². The first-order chi connectivity index (χ1) is 8.54. The predicted octanol–water partition coefficient (Wildman–Crippen LogP) is 3.99. The zero-order valence-electron chi connectivity index (χ0n) is 11.2. The van der Waals surface area contributed by atoms with Gasteiger partial charge in [0.05, 0.1) is 5.02 Å². The van der Waals surface area contributed by atoms with Crippen molar-refractivity contribution in [3.63, 3.8) is 0 Å². The van der Waals surface area contributed by atoms with Gasteiger partial charge in [-0.2, -0.15) is 0 Å². The summed E-state index contributed by atoms with van der Waals surface area (Å²) in [5.74, 6) is 0. The van der Waals surface area contributed by atoms with Gasteiger partial charge in [0.1, 0.15) is 5.03 Å². The number of pyridine rings is 1. The second-order valence-electron chi connectivity index (χ2n) is 5.59.